The summed E-state index contributed by atoms with van der Waals surface area (Å²) in [6.07, 6.45) is 6.66. The van der Waals surface area contributed by atoms with Crippen LogP contribution in [0.15, 0.2) is 59.9 Å². The Balaban J connectivity index is 0.00000192. The fraction of sp³-hybridized carbons (Fsp3) is 0.389. The molecular weight excluding hydrogens is 399 g/mol. The Hall–Kier alpha value is -1.50. The molecule has 124 valence electrons. The van der Waals surface area contributed by atoms with Crippen LogP contribution in [0.2, 0.25) is 0 Å². The van der Waals surface area contributed by atoms with Gasteiger partial charge < -0.3 is 15.2 Å². The van der Waals surface area contributed by atoms with Crippen molar-refractivity contribution in [1.82, 2.24) is 15.2 Å². The van der Waals surface area contributed by atoms with Crippen molar-refractivity contribution in [2.45, 2.75) is 24.8 Å². The molecule has 0 amide bonds. The van der Waals surface area contributed by atoms with Gasteiger partial charge in [0.15, 0.2) is 5.96 Å². The second kappa shape index (κ2) is 8.38. The lowest BCUT2D eigenvalue weighted by Crippen LogP contribution is -2.42. The van der Waals surface area contributed by atoms with Gasteiger partial charge in [0.25, 0.3) is 0 Å². The first kappa shape index (κ1) is 17.8. The van der Waals surface area contributed by atoms with Gasteiger partial charge in [-0.3, -0.25) is 4.99 Å². The first-order valence-corrected chi connectivity index (χ1v) is 7.93. The molecule has 0 spiro atoms. The van der Waals surface area contributed by atoms with Crippen molar-refractivity contribution in [3.63, 3.8) is 0 Å². The van der Waals surface area contributed by atoms with Crippen LogP contribution in [-0.4, -0.2) is 30.7 Å². The van der Waals surface area contributed by atoms with Crippen molar-refractivity contribution >= 4 is 29.9 Å². The van der Waals surface area contributed by atoms with E-state index >= 15 is 0 Å². The van der Waals surface area contributed by atoms with Gasteiger partial charge in [-0.15, -0.1) is 24.0 Å². The number of aliphatic imine (C=N–C) groups is 1. The summed E-state index contributed by atoms with van der Waals surface area (Å²) < 4.78 is 2.16. The number of nitrogens with one attached hydrogen (secondary N) is 2. The second-order valence-electron chi connectivity index (χ2n) is 5.92. The number of guanidine groups is 1. The van der Waals surface area contributed by atoms with Gasteiger partial charge in [-0.25, -0.2) is 0 Å². The van der Waals surface area contributed by atoms with Gasteiger partial charge in [0, 0.05) is 44.5 Å². The van der Waals surface area contributed by atoms with E-state index < -0.39 is 0 Å². The molecule has 23 heavy (non-hydrogen) atoms. The fourth-order valence-electron chi connectivity index (χ4n) is 2.81. The summed E-state index contributed by atoms with van der Waals surface area (Å²) in [5, 5.41) is 6.86. The highest BCUT2D eigenvalue weighted by Gasteiger charge is 2.43. The highest BCUT2D eigenvalue weighted by atomic mass is 127. The molecule has 2 N–H and O–H groups in total. The predicted octanol–water partition coefficient (Wildman–Crippen LogP) is 3.00. The van der Waals surface area contributed by atoms with Gasteiger partial charge in [0.05, 0.1) is 0 Å². The summed E-state index contributed by atoms with van der Waals surface area (Å²) in [7, 11) is 1.83. The summed E-state index contributed by atoms with van der Waals surface area (Å²) in [5.41, 5.74) is 1.74. The van der Waals surface area contributed by atoms with Crippen LogP contribution in [0.1, 0.15) is 18.4 Å². The van der Waals surface area contributed by atoms with E-state index in [1.807, 2.05) is 19.2 Å². The van der Waals surface area contributed by atoms with Crippen LogP contribution in [0.25, 0.3) is 0 Å². The summed E-state index contributed by atoms with van der Waals surface area (Å²) in [6.45, 7) is 2.75. The van der Waals surface area contributed by atoms with E-state index in [0.29, 0.717) is 5.41 Å². The third-order valence-electron chi connectivity index (χ3n) is 4.39. The monoisotopic (exact) mass is 424 g/mol. The van der Waals surface area contributed by atoms with Crippen molar-refractivity contribution in [3.8, 4) is 0 Å². The molecule has 1 heterocycles. The minimum Gasteiger partial charge on any atom is -0.356 e. The number of halogens is 1. The summed E-state index contributed by atoms with van der Waals surface area (Å²) in [4.78, 5) is 4.32. The van der Waals surface area contributed by atoms with Crippen LogP contribution in [0.5, 0.6) is 0 Å². The smallest absolute Gasteiger partial charge is 0.191 e. The number of benzene rings is 1. The Labute approximate surface area is 155 Å². The molecule has 2 aromatic rings. The molecule has 0 radical (unpaired) electrons. The Kier molecular flexibility index (Phi) is 6.50. The third-order valence-corrected chi connectivity index (χ3v) is 4.39. The number of aromatic nitrogens is 1. The van der Waals surface area contributed by atoms with Crippen molar-refractivity contribution in [3.05, 3.63) is 60.4 Å². The van der Waals surface area contributed by atoms with Gasteiger partial charge in [0.1, 0.15) is 0 Å². The third kappa shape index (κ3) is 4.73. The van der Waals surface area contributed by atoms with E-state index in [4.69, 9.17) is 0 Å². The lowest BCUT2D eigenvalue weighted by Gasteiger charge is -2.19. The van der Waals surface area contributed by atoms with E-state index in [1.54, 1.807) is 0 Å². The molecule has 5 heteroatoms. The van der Waals surface area contributed by atoms with Crippen LogP contribution in [0.3, 0.4) is 0 Å². The van der Waals surface area contributed by atoms with E-state index in [9.17, 15) is 0 Å². The SMILES string of the molecule is CN=C(NCCn1cccc1)NCC1(c2ccccc2)CC1.I. The lowest BCUT2D eigenvalue weighted by atomic mass is 9.96. The Morgan fingerprint density at radius 1 is 1.09 bits per heavy atom. The van der Waals surface area contributed by atoms with E-state index in [-0.39, 0.29) is 24.0 Å². The maximum absolute atomic E-state index is 4.32. The molecule has 1 aromatic carbocycles. The quantitative estimate of drug-likeness (QED) is 0.425. The van der Waals surface area contributed by atoms with Gasteiger partial charge in [0.2, 0.25) is 0 Å². The van der Waals surface area contributed by atoms with Crippen molar-refractivity contribution in [2.75, 3.05) is 20.1 Å². The minimum absolute atomic E-state index is 0. The van der Waals surface area contributed by atoms with Crippen LogP contribution >= 0.6 is 24.0 Å². The average Bonchev–Trinajstić information content (AvgIpc) is 3.18. The minimum atomic E-state index is 0. The fourth-order valence-corrected chi connectivity index (χ4v) is 2.81. The molecule has 1 fully saturated rings. The standard InChI is InChI=1S/C18H24N4.HI/c1-19-17(20-11-14-22-12-5-6-13-22)21-15-18(9-10-18)16-7-3-2-4-8-16;/h2-8,12-13H,9-11,14-15H2,1H3,(H2,19,20,21);1H. The van der Waals surface area contributed by atoms with E-state index in [1.165, 1.54) is 18.4 Å². The van der Waals surface area contributed by atoms with Crippen molar-refractivity contribution < 1.29 is 0 Å². The molecule has 1 aromatic heterocycles. The summed E-state index contributed by atoms with van der Waals surface area (Å²) in [6, 6.07) is 14.9. The number of hydrogen-bond acceptors (Lipinski definition) is 1. The number of rotatable bonds is 6. The molecule has 0 saturated heterocycles. The zero-order valence-corrected chi connectivity index (χ0v) is 15.9. The van der Waals surface area contributed by atoms with Crippen LogP contribution in [0.4, 0.5) is 0 Å². The largest absolute Gasteiger partial charge is 0.356 e. The average molecular weight is 424 g/mol. The zero-order chi connectivity index (χ0) is 15.3. The van der Waals surface area contributed by atoms with E-state index in [0.717, 1.165) is 25.6 Å². The topological polar surface area (TPSA) is 41.4 Å². The molecular formula is C18H25IN4. The highest BCUT2D eigenvalue weighted by Crippen LogP contribution is 2.47. The molecule has 1 saturated carbocycles. The molecule has 0 unspecified atom stereocenters. The molecule has 1 aliphatic rings. The van der Waals surface area contributed by atoms with Gasteiger partial charge in [-0.05, 0) is 30.5 Å². The van der Waals surface area contributed by atoms with Crippen LogP contribution in [0, 0.1) is 0 Å². The van der Waals surface area contributed by atoms with Crippen LogP contribution < -0.4 is 10.6 Å². The summed E-state index contributed by atoms with van der Waals surface area (Å²) >= 11 is 0. The Morgan fingerprint density at radius 3 is 2.39 bits per heavy atom. The lowest BCUT2D eigenvalue weighted by molar-refractivity contribution is 0.629. The maximum Gasteiger partial charge on any atom is 0.191 e. The normalized spacial score (nSPS) is 15.6. The van der Waals surface area contributed by atoms with E-state index in [2.05, 4.69) is 62.9 Å². The Bertz CT molecular complexity index is 603. The maximum atomic E-state index is 4.32. The molecule has 0 atom stereocenters. The van der Waals surface area contributed by atoms with Gasteiger partial charge in [-0.2, -0.15) is 0 Å². The Morgan fingerprint density at radius 2 is 1.78 bits per heavy atom. The number of hydrogen-bond donors (Lipinski definition) is 2. The van der Waals surface area contributed by atoms with Crippen molar-refractivity contribution in [2.24, 2.45) is 4.99 Å². The number of nitrogens with zero attached hydrogens (tertiary/aromatic N) is 2. The molecule has 0 aliphatic heterocycles. The highest BCUT2D eigenvalue weighted by molar-refractivity contribution is 14.0. The first-order chi connectivity index (χ1) is 10.8. The second-order valence-corrected chi connectivity index (χ2v) is 5.92. The van der Waals surface area contributed by atoms with Gasteiger partial charge >= 0.3 is 0 Å². The molecule has 4 nitrogen and oxygen atoms in total. The molecule has 1 aliphatic carbocycles. The molecule has 3 rings (SSSR count). The van der Waals surface area contributed by atoms with Crippen molar-refractivity contribution in [1.29, 1.82) is 0 Å². The molecule has 0 bridgehead atoms. The predicted molar refractivity (Wildman–Crippen MR) is 107 cm³/mol. The van der Waals surface area contributed by atoms with Crippen LogP contribution in [-0.2, 0) is 12.0 Å². The van der Waals surface area contributed by atoms with Gasteiger partial charge in [-0.1, -0.05) is 30.3 Å². The zero-order valence-electron chi connectivity index (χ0n) is 13.5. The first-order valence-electron chi connectivity index (χ1n) is 7.93. The summed E-state index contributed by atoms with van der Waals surface area (Å²) in [5.74, 6) is 0.884.